The summed E-state index contributed by atoms with van der Waals surface area (Å²) in [6.07, 6.45) is 24.7. The zero-order valence-corrected chi connectivity index (χ0v) is 26.4. The summed E-state index contributed by atoms with van der Waals surface area (Å²) in [5.41, 5.74) is 0. The third kappa shape index (κ3) is 9.47. The molecule has 0 aliphatic heterocycles. The second-order valence-corrected chi connectivity index (χ2v) is 18.2. The van der Waals surface area contributed by atoms with E-state index in [0.717, 1.165) is 6.16 Å². The molecule has 0 heterocycles. The average molecular weight is 565 g/mol. The number of hydrogen-bond donors (Lipinski definition) is 0. The van der Waals surface area contributed by atoms with Gasteiger partial charge in [0.2, 0.25) is 0 Å². The standard InChI is InChI=1S/C37H54ClP/c1-2-3-4-5-6-7-8-9-10-11-12-13-14-15-16-17-27-34-39(38,35-28-21-18-22-29-35,36-30-23-19-24-31-36)37-32-25-20-26-33-37/h18-26,28-33H,2-17,27,34H2,1H3. The minimum atomic E-state index is -3.07. The Bertz CT molecular complexity index is 902. The van der Waals surface area contributed by atoms with Crippen LogP contribution in [-0.2, 0) is 0 Å². The summed E-state index contributed by atoms with van der Waals surface area (Å²) in [6.45, 7) is 2.30. The number of rotatable bonds is 21. The molecule has 0 aromatic heterocycles. The summed E-state index contributed by atoms with van der Waals surface area (Å²) in [5.74, 6) is -3.07. The van der Waals surface area contributed by atoms with E-state index in [-0.39, 0.29) is 0 Å². The van der Waals surface area contributed by atoms with E-state index in [0.29, 0.717) is 0 Å². The summed E-state index contributed by atoms with van der Waals surface area (Å²) in [7, 11) is 0. The molecule has 0 aliphatic carbocycles. The van der Waals surface area contributed by atoms with Gasteiger partial charge in [0.05, 0.1) is 0 Å². The van der Waals surface area contributed by atoms with Crippen molar-refractivity contribution in [1.82, 2.24) is 0 Å². The van der Waals surface area contributed by atoms with Crippen molar-refractivity contribution in [3.05, 3.63) is 91.0 Å². The van der Waals surface area contributed by atoms with Gasteiger partial charge in [0.25, 0.3) is 0 Å². The summed E-state index contributed by atoms with van der Waals surface area (Å²) < 4.78 is 0. The molecule has 3 aromatic rings. The fourth-order valence-corrected chi connectivity index (χ4v) is 12.4. The normalized spacial score (nSPS) is 12.7. The van der Waals surface area contributed by atoms with Gasteiger partial charge in [-0.05, 0) is 0 Å². The van der Waals surface area contributed by atoms with Crippen molar-refractivity contribution in [2.24, 2.45) is 0 Å². The van der Waals surface area contributed by atoms with Crippen LogP contribution in [0.3, 0.4) is 0 Å². The Morgan fingerprint density at radius 2 is 0.641 bits per heavy atom. The van der Waals surface area contributed by atoms with E-state index < -0.39 is 5.96 Å². The van der Waals surface area contributed by atoms with Crippen LogP contribution in [0.4, 0.5) is 0 Å². The molecule has 0 bridgehead atoms. The summed E-state index contributed by atoms with van der Waals surface area (Å²) in [4.78, 5) is 0. The Balaban J connectivity index is 1.43. The maximum absolute atomic E-state index is 8.18. The molecule has 0 amide bonds. The van der Waals surface area contributed by atoms with E-state index in [9.17, 15) is 0 Å². The third-order valence-corrected chi connectivity index (χ3v) is 16.1. The van der Waals surface area contributed by atoms with Gasteiger partial charge < -0.3 is 0 Å². The van der Waals surface area contributed by atoms with E-state index in [4.69, 9.17) is 11.2 Å². The Labute approximate surface area is 245 Å². The minimum absolute atomic E-state index is 1.02. The molecule has 214 valence electrons. The molecule has 3 rings (SSSR count). The predicted molar refractivity (Wildman–Crippen MR) is 180 cm³/mol. The molecule has 0 spiro atoms. The zero-order valence-electron chi connectivity index (χ0n) is 24.7. The van der Waals surface area contributed by atoms with Crippen molar-refractivity contribution in [2.75, 3.05) is 6.16 Å². The van der Waals surface area contributed by atoms with Gasteiger partial charge >= 0.3 is 201 Å². The van der Waals surface area contributed by atoms with Crippen LogP contribution in [0, 0.1) is 0 Å². The van der Waals surface area contributed by atoms with Crippen LogP contribution in [0.1, 0.15) is 116 Å². The Hall–Kier alpha value is -1.62. The van der Waals surface area contributed by atoms with Crippen LogP contribution in [0.15, 0.2) is 91.0 Å². The molecule has 0 aliphatic rings. The van der Waals surface area contributed by atoms with Crippen LogP contribution in [0.5, 0.6) is 0 Å². The molecule has 39 heavy (non-hydrogen) atoms. The van der Waals surface area contributed by atoms with Gasteiger partial charge in [-0.2, -0.15) is 0 Å². The second kappa shape index (κ2) is 17.9. The van der Waals surface area contributed by atoms with Gasteiger partial charge in [-0.15, -0.1) is 0 Å². The Kier molecular flexibility index (Phi) is 14.7. The van der Waals surface area contributed by atoms with Gasteiger partial charge in [0, 0.05) is 0 Å². The second-order valence-electron chi connectivity index (χ2n) is 11.6. The number of unbranched alkanes of at least 4 members (excludes halogenated alkanes) is 16. The van der Waals surface area contributed by atoms with Crippen molar-refractivity contribution in [3.63, 3.8) is 0 Å². The quantitative estimate of drug-likeness (QED) is 0.0891. The first kappa shape index (κ1) is 31.9. The third-order valence-electron chi connectivity index (χ3n) is 8.57. The van der Waals surface area contributed by atoms with Crippen LogP contribution in [-0.4, -0.2) is 6.16 Å². The molecule has 0 radical (unpaired) electrons. The molecule has 3 aromatic carbocycles. The van der Waals surface area contributed by atoms with E-state index >= 15 is 0 Å². The molecule has 0 saturated heterocycles. The average Bonchev–Trinajstić information content (AvgIpc) is 3.00. The summed E-state index contributed by atoms with van der Waals surface area (Å²) in [5, 5.41) is 3.87. The topological polar surface area (TPSA) is 0 Å². The molecule has 0 N–H and O–H groups in total. The van der Waals surface area contributed by atoms with E-state index in [1.54, 1.807) is 0 Å². The fourth-order valence-electron chi connectivity index (χ4n) is 6.18. The van der Waals surface area contributed by atoms with Gasteiger partial charge in [-0.25, -0.2) is 0 Å². The van der Waals surface area contributed by atoms with Crippen molar-refractivity contribution in [2.45, 2.75) is 116 Å². The van der Waals surface area contributed by atoms with Gasteiger partial charge in [0.15, 0.2) is 0 Å². The van der Waals surface area contributed by atoms with Crippen LogP contribution < -0.4 is 15.9 Å². The van der Waals surface area contributed by atoms with Crippen LogP contribution in [0.2, 0.25) is 0 Å². The molecule has 0 atom stereocenters. The predicted octanol–water partition coefficient (Wildman–Crippen LogP) is 11.3. The Morgan fingerprint density at radius 3 is 0.923 bits per heavy atom. The number of halogens is 1. The first-order valence-electron chi connectivity index (χ1n) is 16.1. The van der Waals surface area contributed by atoms with Crippen LogP contribution in [0.25, 0.3) is 0 Å². The summed E-state index contributed by atoms with van der Waals surface area (Å²) in [6, 6.07) is 32.8. The number of benzene rings is 3. The fraction of sp³-hybridized carbons (Fsp3) is 0.514. The maximum atomic E-state index is 8.18. The molecule has 0 unspecified atom stereocenters. The molecule has 0 nitrogen and oxygen atoms in total. The van der Waals surface area contributed by atoms with E-state index in [1.165, 1.54) is 125 Å². The summed E-state index contributed by atoms with van der Waals surface area (Å²) >= 11 is 8.18. The number of hydrogen-bond acceptors (Lipinski definition) is 0. The van der Waals surface area contributed by atoms with Crippen LogP contribution >= 0.6 is 17.2 Å². The Morgan fingerprint density at radius 1 is 0.385 bits per heavy atom. The van der Waals surface area contributed by atoms with E-state index in [2.05, 4.69) is 97.9 Å². The SMILES string of the molecule is CCCCCCCCCCCCCCCCCCCP(Cl)(c1ccccc1)(c1ccccc1)c1ccccc1. The zero-order chi connectivity index (χ0) is 27.5. The van der Waals surface area contributed by atoms with E-state index in [1.807, 2.05) is 0 Å². The molecule has 0 saturated carbocycles. The molecule has 2 heteroatoms. The van der Waals surface area contributed by atoms with Crippen molar-refractivity contribution in [1.29, 1.82) is 0 Å². The van der Waals surface area contributed by atoms with Gasteiger partial charge in [-0.1, -0.05) is 45.4 Å². The molecule has 0 fully saturated rings. The molecular weight excluding hydrogens is 511 g/mol. The van der Waals surface area contributed by atoms with Gasteiger partial charge in [-0.3, -0.25) is 0 Å². The monoisotopic (exact) mass is 564 g/mol. The van der Waals surface area contributed by atoms with Gasteiger partial charge in [0.1, 0.15) is 0 Å². The first-order chi connectivity index (χ1) is 19.2. The van der Waals surface area contributed by atoms with Crippen molar-refractivity contribution >= 4 is 33.1 Å². The first-order valence-corrected chi connectivity index (χ1v) is 19.4. The molecular formula is C37H54ClP. The van der Waals surface area contributed by atoms with Crippen molar-refractivity contribution < 1.29 is 0 Å². The van der Waals surface area contributed by atoms with Crippen molar-refractivity contribution in [3.8, 4) is 0 Å².